The van der Waals surface area contributed by atoms with Gasteiger partial charge in [0.2, 0.25) is 0 Å². The third kappa shape index (κ3) is 4.81. The summed E-state index contributed by atoms with van der Waals surface area (Å²) in [4.78, 5) is 8.84. The first kappa shape index (κ1) is 13.3. The van der Waals surface area contributed by atoms with Gasteiger partial charge in [0.25, 0.3) is 0 Å². The molecule has 16 heavy (non-hydrogen) atoms. The van der Waals surface area contributed by atoms with Gasteiger partial charge in [-0.15, -0.1) is 0 Å². The number of hydrogen-bond donors (Lipinski definition) is 1. The molecule has 0 spiro atoms. The molecule has 0 aliphatic rings. The smallest absolute Gasteiger partial charge is 0.140 e. The predicted molar refractivity (Wildman–Crippen MR) is 69.0 cm³/mol. The van der Waals surface area contributed by atoms with Crippen LogP contribution in [0.4, 0.5) is 5.82 Å². The van der Waals surface area contributed by atoms with Gasteiger partial charge in [-0.05, 0) is 13.8 Å². The highest BCUT2D eigenvalue weighted by Crippen LogP contribution is 2.12. The van der Waals surface area contributed by atoms with Crippen LogP contribution in [0.2, 0.25) is 0 Å². The summed E-state index contributed by atoms with van der Waals surface area (Å²) in [5, 5.41) is 3.21. The Morgan fingerprint density at radius 1 is 1.44 bits per heavy atom. The fourth-order valence-corrected chi connectivity index (χ4v) is 2.01. The zero-order valence-corrected chi connectivity index (χ0v) is 10.9. The number of ether oxygens (including phenoxy) is 1. The van der Waals surface area contributed by atoms with Crippen LogP contribution >= 0.6 is 11.8 Å². The van der Waals surface area contributed by atoms with Crippen molar-refractivity contribution >= 4 is 17.6 Å². The zero-order valence-electron chi connectivity index (χ0n) is 10.1. The van der Waals surface area contributed by atoms with Crippen molar-refractivity contribution in [3.05, 3.63) is 17.6 Å². The van der Waals surface area contributed by atoms with Gasteiger partial charge < -0.3 is 10.1 Å². The molecule has 1 heterocycles. The lowest BCUT2D eigenvalue weighted by atomic mass is 10.4. The van der Waals surface area contributed by atoms with Gasteiger partial charge in [-0.2, -0.15) is 11.8 Å². The maximum atomic E-state index is 4.99. The summed E-state index contributed by atoms with van der Waals surface area (Å²) in [6, 6.07) is 1.97. The molecule has 0 fully saturated rings. The van der Waals surface area contributed by atoms with Crippen molar-refractivity contribution in [3.63, 3.8) is 0 Å². The Labute approximate surface area is 101 Å². The van der Waals surface area contributed by atoms with Crippen molar-refractivity contribution in [2.24, 2.45) is 0 Å². The normalized spacial score (nSPS) is 10.4. The average molecular weight is 241 g/mol. The molecule has 4 nitrogen and oxygen atoms in total. The third-order valence-corrected chi connectivity index (χ3v) is 2.84. The summed E-state index contributed by atoms with van der Waals surface area (Å²) in [6.07, 6.45) is 0. The van der Waals surface area contributed by atoms with Crippen LogP contribution in [0, 0.1) is 6.92 Å². The molecule has 0 radical (unpaired) electrons. The number of aromatic nitrogens is 2. The van der Waals surface area contributed by atoms with Gasteiger partial charge in [-0.3, -0.25) is 0 Å². The second-order valence-corrected chi connectivity index (χ2v) is 4.49. The fourth-order valence-electron chi connectivity index (χ4n) is 1.27. The number of aryl methyl sites for hydroxylation is 1. The van der Waals surface area contributed by atoms with Crippen LogP contribution in [0.3, 0.4) is 0 Å². The highest BCUT2D eigenvalue weighted by Gasteiger charge is 2.01. The van der Waals surface area contributed by atoms with Crippen molar-refractivity contribution in [3.8, 4) is 0 Å². The topological polar surface area (TPSA) is 47.0 Å². The standard InChI is InChI=1S/C11H19N3OS/c1-4-12-10-7-9(2)13-11(14-10)8-16-6-5-15-3/h7H,4-6,8H2,1-3H3,(H,12,13,14). The van der Waals surface area contributed by atoms with Crippen molar-refractivity contribution in [2.45, 2.75) is 19.6 Å². The second kappa shape index (κ2) is 7.46. The summed E-state index contributed by atoms with van der Waals surface area (Å²) >= 11 is 1.79. The Morgan fingerprint density at radius 2 is 2.25 bits per heavy atom. The molecule has 0 aliphatic carbocycles. The van der Waals surface area contributed by atoms with E-state index in [0.29, 0.717) is 0 Å². The lowest BCUT2D eigenvalue weighted by molar-refractivity contribution is 0.218. The van der Waals surface area contributed by atoms with Crippen LogP contribution < -0.4 is 5.32 Å². The maximum absolute atomic E-state index is 4.99. The molecule has 1 aromatic heterocycles. The molecule has 1 aromatic rings. The summed E-state index contributed by atoms with van der Waals surface area (Å²) in [5.74, 6) is 3.61. The molecule has 0 unspecified atom stereocenters. The van der Waals surface area contributed by atoms with Gasteiger partial charge in [0, 0.05) is 31.2 Å². The molecule has 0 amide bonds. The molecule has 90 valence electrons. The zero-order chi connectivity index (χ0) is 11.8. The Kier molecular flexibility index (Phi) is 6.18. The van der Waals surface area contributed by atoms with Gasteiger partial charge in [0.1, 0.15) is 11.6 Å². The van der Waals surface area contributed by atoms with E-state index in [4.69, 9.17) is 4.74 Å². The predicted octanol–water partition coefficient (Wildman–Crippen LogP) is 2.10. The van der Waals surface area contributed by atoms with Gasteiger partial charge in [0.15, 0.2) is 0 Å². The van der Waals surface area contributed by atoms with E-state index >= 15 is 0 Å². The van der Waals surface area contributed by atoms with E-state index < -0.39 is 0 Å². The van der Waals surface area contributed by atoms with E-state index in [-0.39, 0.29) is 0 Å². The van der Waals surface area contributed by atoms with Crippen LogP contribution in [0.5, 0.6) is 0 Å². The fraction of sp³-hybridized carbons (Fsp3) is 0.636. The van der Waals surface area contributed by atoms with E-state index in [0.717, 1.165) is 42.0 Å². The first-order chi connectivity index (χ1) is 7.76. The maximum Gasteiger partial charge on any atom is 0.140 e. The van der Waals surface area contributed by atoms with Crippen molar-refractivity contribution in [1.29, 1.82) is 0 Å². The largest absolute Gasteiger partial charge is 0.384 e. The Balaban J connectivity index is 2.51. The first-order valence-electron chi connectivity index (χ1n) is 5.41. The van der Waals surface area contributed by atoms with Crippen molar-refractivity contribution in [1.82, 2.24) is 9.97 Å². The molecule has 0 bridgehead atoms. The van der Waals surface area contributed by atoms with Crippen LogP contribution in [-0.2, 0) is 10.5 Å². The van der Waals surface area contributed by atoms with E-state index in [2.05, 4.69) is 22.2 Å². The molecule has 5 heteroatoms. The molecule has 0 saturated carbocycles. The van der Waals surface area contributed by atoms with E-state index in [1.165, 1.54) is 0 Å². The minimum atomic E-state index is 0.774. The van der Waals surface area contributed by atoms with Gasteiger partial charge >= 0.3 is 0 Å². The van der Waals surface area contributed by atoms with E-state index in [1.807, 2.05) is 13.0 Å². The quantitative estimate of drug-likeness (QED) is 0.741. The first-order valence-corrected chi connectivity index (χ1v) is 6.56. The number of rotatable bonds is 7. The molecule has 1 rings (SSSR count). The lowest BCUT2D eigenvalue weighted by Gasteiger charge is -2.06. The lowest BCUT2D eigenvalue weighted by Crippen LogP contribution is -2.04. The summed E-state index contributed by atoms with van der Waals surface area (Å²) in [6.45, 7) is 5.71. The summed E-state index contributed by atoms with van der Waals surface area (Å²) < 4.78 is 4.99. The van der Waals surface area contributed by atoms with Gasteiger partial charge in [-0.25, -0.2) is 9.97 Å². The highest BCUT2D eigenvalue weighted by atomic mass is 32.2. The van der Waals surface area contributed by atoms with Gasteiger partial charge in [0.05, 0.1) is 12.4 Å². The summed E-state index contributed by atoms with van der Waals surface area (Å²) in [7, 11) is 1.72. The molecule has 0 aliphatic heterocycles. The minimum absolute atomic E-state index is 0.774. The van der Waals surface area contributed by atoms with Crippen molar-refractivity contribution in [2.75, 3.05) is 31.3 Å². The van der Waals surface area contributed by atoms with Crippen LogP contribution in [-0.4, -0.2) is 36.0 Å². The monoisotopic (exact) mass is 241 g/mol. The SMILES string of the molecule is CCNc1cc(C)nc(CSCCOC)n1. The Bertz CT molecular complexity index is 320. The van der Waals surface area contributed by atoms with E-state index in [1.54, 1.807) is 18.9 Å². The Morgan fingerprint density at radius 3 is 2.94 bits per heavy atom. The number of thioether (sulfide) groups is 1. The highest BCUT2D eigenvalue weighted by molar-refractivity contribution is 7.98. The molecule has 1 N–H and O–H groups in total. The van der Waals surface area contributed by atoms with Crippen LogP contribution in [0.25, 0.3) is 0 Å². The van der Waals surface area contributed by atoms with Gasteiger partial charge in [-0.1, -0.05) is 0 Å². The minimum Gasteiger partial charge on any atom is -0.384 e. The number of anilines is 1. The van der Waals surface area contributed by atoms with Crippen LogP contribution in [0.1, 0.15) is 18.4 Å². The number of hydrogen-bond acceptors (Lipinski definition) is 5. The van der Waals surface area contributed by atoms with Crippen LogP contribution in [0.15, 0.2) is 6.07 Å². The third-order valence-electron chi connectivity index (χ3n) is 1.92. The Hall–Kier alpha value is -0.810. The average Bonchev–Trinajstić information content (AvgIpc) is 2.24. The molecular formula is C11H19N3OS. The molecular weight excluding hydrogens is 222 g/mol. The number of nitrogens with zero attached hydrogens (tertiary/aromatic N) is 2. The molecule has 0 aromatic carbocycles. The van der Waals surface area contributed by atoms with E-state index in [9.17, 15) is 0 Å². The molecule has 0 saturated heterocycles. The number of nitrogens with one attached hydrogen (secondary N) is 1. The molecule has 0 atom stereocenters. The van der Waals surface area contributed by atoms with Crippen molar-refractivity contribution < 1.29 is 4.74 Å². The number of methoxy groups -OCH3 is 1. The summed E-state index contributed by atoms with van der Waals surface area (Å²) in [5.41, 5.74) is 1.01. The second-order valence-electron chi connectivity index (χ2n) is 3.39.